The molecule has 0 spiro atoms. The van der Waals surface area contributed by atoms with Gasteiger partial charge in [0.2, 0.25) is 6.33 Å². The maximum Gasteiger partial charge on any atom is 0.303 e. The molecular formula is C25H49N2O2+. The van der Waals surface area contributed by atoms with E-state index < -0.39 is 5.97 Å². The van der Waals surface area contributed by atoms with Gasteiger partial charge in [-0.15, -0.1) is 0 Å². The molecule has 1 aromatic heterocycles. The lowest BCUT2D eigenvalue weighted by atomic mass is 10.1. The fourth-order valence-electron chi connectivity index (χ4n) is 3.38. The van der Waals surface area contributed by atoms with Crippen LogP contribution < -0.4 is 4.57 Å². The Balaban J connectivity index is 0.000000578. The summed E-state index contributed by atoms with van der Waals surface area (Å²) in [5.74, 6) is -0.663. The highest BCUT2D eigenvalue weighted by molar-refractivity contribution is 5.66. The highest BCUT2D eigenvalue weighted by Gasteiger charge is 2.02. The standard InChI is InChI=1S/C15H29N2.C10H20O2/c1-3-5-7-9-11-16-13-14-17(15-16)12-10-8-6-4-2;1-2-3-4-5-6-7-8-9-10(11)12/h13-15H,3-12H2,1-2H3;2-9H2,1H3,(H,11,12)/q+1;. The Morgan fingerprint density at radius 3 is 1.86 bits per heavy atom. The molecule has 1 aromatic rings. The van der Waals surface area contributed by atoms with Crippen LogP contribution in [0.5, 0.6) is 0 Å². The van der Waals surface area contributed by atoms with Crippen LogP contribution in [-0.4, -0.2) is 15.6 Å². The zero-order chi connectivity index (χ0) is 21.6. The molecule has 0 saturated heterocycles. The monoisotopic (exact) mass is 409 g/mol. The molecule has 0 bridgehead atoms. The number of imidazole rings is 1. The van der Waals surface area contributed by atoms with Gasteiger partial charge in [-0.1, -0.05) is 85.0 Å². The second-order valence-electron chi connectivity index (χ2n) is 8.28. The molecule has 1 heterocycles. The van der Waals surface area contributed by atoms with Gasteiger partial charge >= 0.3 is 5.97 Å². The first kappa shape index (κ1) is 27.7. The topological polar surface area (TPSA) is 46.1 Å². The van der Waals surface area contributed by atoms with Gasteiger partial charge in [0, 0.05) is 6.42 Å². The summed E-state index contributed by atoms with van der Waals surface area (Å²) in [6.45, 7) is 9.09. The number of aryl methyl sites for hydroxylation is 2. The quantitative estimate of drug-likeness (QED) is 0.207. The Bertz CT molecular complexity index is 445. The summed E-state index contributed by atoms with van der Waals surface area (Å²) in [4.78, 5) is 10.1. The zero-order valence-electron chi connectivity index (χ0n) is 19.7. The first-order valence-electron chi connectivity index (χ1n) is 12.4. The maximum absolute atomic E-state index is 10.1. The van der Waals surface area contributed by atoms with E-state index in [-0.39, 0.29) is 0 Å². The number of rotatable bonds is 18. The lowest BCUT2D eigenvalue weighted by Crippen LogP contribution is -2.30. The van der Waals surface area contributed by atoms with Crippen molar-refractivity contribution in [2.75, 3.05) is 0 Å². The zero-order valence-corrected chi connectivity index (χ0v) is 19.7. The van der Waals surface area contributed by atoms with Gasteiger partial charge in [-0.25, -0.2) is 9.13 Å². The van der Waals surface area contributed by atoms with E-state index in [4.69, 9.17) is 5.11 Å². The number of carboxylic acids is 1. The van der Waals surface area contributed by atoms with Crippen LogP contribution >= 0.6 is 0 Å². The highest BCUT2D eigenvalue weighted by atomic mass is 16.4. The normalized spacial score (nSPS) is 10.6. The number of unbranched alkanes of at least 4 members (excludes halogenated alkanes) is 12. The van der Waals surface area contributed by atoms with Crippen LogP contribution in [-0.2, 0) is 17.9 Å². The predicted molar refractivity (Wildman–Crippen MR) is 123 cm³/mol. The third-order valence-corrected chi connectivity index (χ3v) is 5.28. The fourth-order valence-corrected chi connectivity index (χ4v) is 3.38. The van der Waals surface area contributed by atoms with Crippen molar-refractivity contribution in [2.24, 2.45) is 0 Å². The summed E-state index contributed by atoms with van der Waals surface area (Å²) >= 11 is 0. The summed E-state index contributed by atoms with van der Waals surface area (Å²) < 4.78 is 4.66. The van der Waals surface area contributed by atoms with Crippen molar-refractivity contribution in [1.82, 2.24) is 4.57 Å². The van der Waals surface area contributed by atoms with Crippen molar-refractivity contribution in [3.05, 3.63) is 18.7 Å². The van der Waals surface area contributed by atoms with Gasteiger partial charge in [0.25, 0.3) is 0 Å². The smallest absolute Gasteiger partial charge is 0.303 e. The molecule has 1 rings (SSSR count). The van der Waals surface area contributed by atoms with Crippen LogP contribution in [0.15, 0.2) is 18.7 Å². The van der Waals surface area contributed by atoms with Crippen molar-refractivity contribution in [3.8, 4) is 0 Å². The molecule has 0 saturated carbocycles. The number of nitrogens with zero attached hydrogens (tertiary/aromatic N) is 2. The van der Waals surface area contributed by atoms with E-state index in [9.17, 15) is 4.79 Å². The van der Waals surface area contributed by atoms with Gasteiger partial charge in [0.15, 0.2) is 0 Å². The van der Waals surface area contributed by atoms with E-state index in [1.807, 2.05) is 0 Å². The van der Waals surface area contributed by atoms with E-state index in [2.05, 4.69) is 48.6 Å². The number of aromatic nitrogens is 2. The third-order valence-electron chi connectivity index (χ3n) is 5.28. The summed E-state index contributed by atoms with van der Waals surface area (Å²) in [5.41, 5.74) is 0. The van der Waals surface area contributed by atoms with Gasteiger partial charge in [-0.2, -0.15) is 0 Å². The maximum atomic E-state index is 10.1. The molecule has 0 amide bonds. The van der Waals surface area contributed by atoms with E-state index in [1.54, 1.807) is 0 Å². The molecular weight excluding hydrogens is 360 g/mol. The van der Waals surface area contributed by atoms with Crippen LogP contribution in [0.4, 0.5) is 0 Å². The van der Waals surface area contributed by atoms with Crippen LogP contribution in [0.1, 0.15) is 124 Å². The molecule has 170 valence electrons. The Morgan fingerprint density at radius 2 is 1.28 bits per heavy atom. The Labute approximate surface area is 180 Å². The van der Waals surface area contributed by atoms with Gasteiger partial charge in [0.05, 0.1) is 13.1 Å². The minimum atomic E-state index is -0.663. The Hall–Kier alpha value is -1.32. The van der Waals surface area contributed by atoms with Gasteiger partial charge in [0.1, 0.15) is 12.4 Å². The first-order chi connectivity index (χ1) is 14.1. The molecule has 0 aliphatic carbocycles. The minimum absolute atomic E-state index is 0.341. The Kier molecular flexibility index (Phi) is 20.4. The second kappa shape index (κ2) is 21.4. The van der Waals surface area contributed by atoms with Crippen molar-refractivity contribution in [2.45, 2.75) is 137 Å². The lowest BCUT2D eigenvalue weighted by Gasteiger charge is -1.98. The lowest BCUT2D eigenvalue weighted by molar-refractivity contribution is -0.696. The van der Waals surface area contributed by atoms with Gasteiger partial charge < -0.3 is 5.11 Å². The summed E-state index contributed by atoms with van der Waals surface area (Å²) in [7, 11) is 0. The summed E-state index contributed by atoms with van der Waals surface area (Å²) in [5, 5.41) is 8.35. The molecule has 0 aliphatic rings. The van der Waals surface area contributed by atoms with Gasteiger partial charge in [-0.3, -0.25) is 4.79 Å². The molecule has 29 heavy (non-hydrogen) atoms. The third kappa shape index (κ3) is 19.8. The van der Waals surface area contributed by atoms with E-state index in [0.29, 0.717) is 6.42 Å². The van der Waals surface area contributed by atoms with Crippen LogP contribution in [0, 0.1) is 0 Å². The summed E-state index contributed by atoms with van der Waals surface area (Å²) in [6.07, 6.45) is 26.1. The molecule has 4 nitrogen and oxygen atoms in total. The number of hydrogen-bond acceptors (Lipinski definition) is 1. The molecule has 1 N–H and O–H groups in total. The second-order valence-corrected chi connectivity index (χ2v) is 8.28. The molecule has 0 radical (unpaired) electrons. The van der Waals surface area contributed by atoms with E-state index >= 15 is 0 Å². The predicted octanol–water partition coefficient (Wildman–Crippen LogP) is 7.15. The molecule has 4 heteroatoms. The average molecular weight is 410 g/mol. The fraction of sp³-hybridized carbons (Fsp3) is 0.840. The molecule has 0 atom stereocenters. The summed E-state index contributed by atoms with van der Waals surface area (Å²) in [6, 6.07) is 0. The Morgan fingerprint density at radius 1 is 0.759 bits per heavy atom. The minimum Gasteiger partial charge on any atom is -0.481 e. The first-order valence-corrected chi connectivity index (χ1v) is 12.4. The number of carboxylic acid groups (broad SMARTS) is 1. The van der Waals surface area contributed by atoms with Crippen molar-refractivity contribution in [3.63, 3.8) is 0 Å². The van der Waals surface area contributed by atoms with Crippen LogP contribution in [0.3, 0.4) is 0 Å². The number of aliphatic carboxylic acids is 1. The van der Waals surface area contributed by atoms with Crippen molar-refractivity contribution in [1.29, 1.82) is 0 Å². The van der Waals surface area contributed by atoms with E-state index in [0.717, 1.165) is 12.8 Å². The van der Waals surface area contributed by atoms with Crippen molar-refractivity contribution >= 4 is 5.97 Å². The number of hydrogen-bond donors (Lipinski definition) is 1. The molecule has 0 aliphatic heterocycles. The van der Waals surface area contributed by atoms with Crippen LogP contribution in [0.25, 0.3) is 0 Å². The molecule has 0 aromatic carbocycles. The number of carbonyl (C=O) groups is 1. The molecule has 0 unspecified atom stereocenters. The molecule has 0 fully saturated rings. The largest absolute Gasteiger partial charge is 0.481 e. The van der Waals surface area contributed by atoms with E-state index in [1.165, 1.54) is 96.6 Å². The highest BCUT2D eigenvalue weighted by Crippen LogP contribution is 2.08. The van der Waals surface area contributed by atoms with Crippen molar-refractivity contribution < 1.29 is 14.5 Å². The van der Waals surface area contributed by atoms with Crippen LogP contribution in [0.2, 0.25) is 0 Å². The SMILES string of the molecule is CCCCCCCCCC(=O)O.CCCCCCn1cc[n+](CCCCCC)c1. The van der Waals surface area contributed by atoms with Gasteiger partial charge in [-0.05, 0) is 32.1 Å². The average Bonchev–Trinajstić information content (AvgIpc) is 3.16.